The van der Waals surface area contributed by atoms with Crippen LogP contribution in [0.1, 0.15) is 27.3 Å². The van der Waals surface area contributed by atoms with Gasteiger partial charge in [-0.2, -0.15) is 5.10 Å². The van der Waals surface area contributed by atoms with Crippen molar-refractivity contribution in [1.29, 1.82) is 0 Å². The molecule has 1 aromatic heterocycles. The minimum Gasteiger partial charge on any atom is -0.321 e. The van der Waals surface area contributed by atoms with Gasteiger partial charge in [0.2, 0.25) is 0 Å². The molecule has 0 spiro atoms. The lowest BCUT2D eigenvalue weighted by atomic mass is 10.1. The first kappa shape index (κ1) is 15.5. The minimum absolute atomic E-state index is 0. The standard InChI is InChI=1S/C14H15FN4O.ClH/c1-8-6-9(2-3-11(8)15)17-14(20)13-10-7-16-5-4-12(10)18-19-13;/h2-3,6,16H,4-5,7H2,1H3,(H,17,20)(H,18,19);1H. The summed E-state index contributed by atoms with van der Waals surface area (Å²) in [6, 6.07) is 4.48. The Morgan fingerprint density at radius 3 is 3.00 bits per heavy atom. The van der Waals surface area contributed by atoms with E-state index >= 15 is 0 Å². The summed E-state index contributed by atoms with van der Waals surface area (Å²) in [4.78, 5) is 12.2. The Morgan fingerprint density at radius 2 is 2.24 bits per heavy atom. The largest absolute Gasteiger partial charge is 0.321 e. The predicted octanol–water partition coefficient (Wildman–Crippen LogP) is 2.18. The van der Waals surface area contributed by atoms with Crippen molar-refractivity contribution in [3.63, 3.8) is 0 Å². The second-order valence-electron chi connectivity index (χ2n) is 4.87. The molecule has 0 saturated heterocycles. The minimum atomic E-state index is -0.288. The first-order chi connectivity index (χ1) is 9.65. The molecule has 2 heterocycles. The van der Waals surface area contributed by atoms with Gasteiger partial charge in [0, 0.05) is 36.5 Å². The van der Waals surface area contributed by atoms with Crippen LogP contribution in [0.3, 0.4) is 0 Å². The zero-order chi connectivity index (χ0) is 14.1. The lowest BCUT2D eigenvalue weighted by molar-refractivity contribution is 0.102. The molecule has 3 N–H and O–H groups in total. The van der Waals surface area contributed by atoms with Crippen LogP contribution in [0.5, 0.6) is 0 Å². The number of aromatic nitrogens is 2. The van der Waals surface area contributed by atoms with E-state index in [1.54, 1.807) is 13.0 Å². The zero-order valence-corrected chi connectivity index (χ0v) is 12.3. The normalized spacial score (nSPS) is 13.2. The molecule has 21 heavy (non-hydrogen) atoms. The number of carbonyl (C=O) groups is 1. The molecule has 2 aromatic rings. The number of hydrogen-bond acceptors (Lipinski definition) is 3. The Bertz CT molecular complexity index is 671. The summed E-state index contributed by atoms with van der Waals surface area (Å²) in [7, 11) is 0. The Kier molecular flexibility index (Phi) is 4.59. The predicted molar refractivity (Wildman–Crippen MR) is 80.3 cm³/mol. The van der Waals surface area contributed by atoms with Crippen molar-refractivity contribution in [2.75, 3.05) is 11.9 Å². The summed E-state index contributed by atoms with van der Waals surface area (Å²) in [6.45, 7) is 3.18. The number of nitrogens with zero attached hydrogens (tertiary/aromatic N) is 1. The topological polar surface area (TPSA) is 69.8 Å². The molecule has 5 nitrogen and oxygen atoms in total. The number of halogens is 2. The maximum Gasteiger partial charge on any atom is 0.276 e. The van der Waals surface area contributed by atoms with E-state index in [9.17, 15) is 9.18 Å². The van der Waals surface area contributed by atoms with E-state index in [1.165, 1.54) is 12.1 Å². The van der Waals surface area contributed by atoms with Crippen LogP contribution in [0.25, 0.3) is 0 Å². The molecule has 1 aliphatic rings. The van der Waals surface area contributed by atoms with Gasteiger partial charge in [-0.3, -0.25) is 9.89 Å². The third-order valence-electron chi connectivity index (χ3n) is 3.44. The van der Waals surface area contributed by atoms with Gasteiger partial charge in [0.05, 0.1) is 0 Å². The van der Waals surface area contributed by atoms with Crippen LogP contribution in [0, 0.1) is 12.7 Å². The van der Waals surface area contributed by atoms with E-state index in [1.807, 2.05) is 0 Å². The summed E-state index contributed by atoms with van der Waals surface area (Å²) in [6.07, 6.45) is 0.839. The quantitative estimate of drug-likeness (QED) is 0.796. The molecule has 3 rings (SSSR count). The second kappa shape index (κ2) is 6.24. The Hall–Kier alpha value is -1.92. The number of aryl methyl sites for hydroxylation is 1. The van der Waals surface area contributed by atoms with Crippen molar-refractivity contribution in [1.82, 2.24) is 15.5 Å². The summed E-state index contributed by atoms with van der Waals surface area (Å²) < 4.78 is 13.2. The fraction of sp³-hybridized carbons (Fsp3) is 0.286. The molecule has 0 aliphatic carbocycles. The highest BCUT2D eigenvalue weighted by Gasteiger charge is 2.21. The fourth-order valence-corrected chi connectivity index (χ4v) is 2.33. The highest BCUT2D eigenvalue weighted by atomic mass is 35.5. The molecule has 0 unspecified atom stereocenters. The molecular weight excluding hydrogens is 295 g/mol. The van der Waals surface area contributed by atoms with Gasteiger partial charge in [0.15, 0.2) is 5.69 Å². The Labute approximate surface area is 127 Å². The molecule has 112 valence electrons. The maximum absolute atomic E-state index is 13.2. The van der Waals surface area contributed by atoms with Crippen LogP contribution >= 0.6 is 12.4 Å². The van der Waals surface area contributed by atoms with Crippen molar-refractivity contribution >= 4 is 24.0 Å². The van der Waals surface area contributed by atoms with Gasteiger partial charge in [-0.15, -0.1) is 12.4 Å². The molecule has 0 saturated carbocycles. The average Bonchev–Trinajstić information content (AvgIpc) is 2.87. The summed E-state index contributed by atoms with van der Waals surface area (Å²) in [5, 5.41) is 12.9. The third kappa shape index (κ3) is 3.06. The van der Waals surface area contributed by atoms with Crippen LogP contribution in [-0.4, -0.2) is 22.6 Å². The van der Waals surface area contributed by atoms with Gasteiger partial charge in [0.1, 0.15) is 5.82 Å². The number of fused-ring (bicyclic) bond motifs is 1. The van der Waals surface area contributed by atoms with Gasteiger partial charge in [-0.1, -0.05) is 0 Å². The van der Waals surface area contributed by atoms with Gasteiger partial charge in [-0.05, 0) is 30.7 Å². The van der Waals surface area contributed by atoms with Crippen LogP contribution in [0.4, 0.5) is 10.1 Å². The molecule has 0 atom stereocenters. The molecule has 7 heteroatoms. The highest BCUT2D eigenvalue weighted by molar-refractivity contribution is 6.04. The van der Waals surface area contributed by atoms with Crippen LogP contribution in [-0.2, 0) is 13.0 Å². The number of carbonyl (C=O) groups excluding carboxylic acids is 1. The molecule has 0 radical (unpaired) electrons. The number of amides is 1. The van der Waals surface area contributed by atoms with E-state index in [0.29, 0.717) is 23.5 Å². The van der Waals surface area contributed by atoms with E-state index in [4.69, 9.17) is 0 Å². The number of anilines is 1. The molecule has 1 aliphatic heterocycles. The number of nitrogens with one attached hydrogen (secondary N) is 3. The maximum atomic E-state index is 13.2. The molecule has 1 amide bonds. The Morgan fingerprint density at radius 1 is 1.43 bits per heavy atom. The fourth-order valence-electron chi connectivity index (χ4n) is 2.33. The second-order valence-corrected chi connectivity index (χ2v) is 4.87. The van der Waals surface area contributed by atoms with E-state index in [2.05, 4.69) is 20.8 Å². The molecule has 0 bridgehead atoms. The van der Waals surface area contributed by atoms with E-state index in [-0.39, 0.29) is 24.1 Å². The number of hydrogen-bond donors (Lipinski definition) is 3. The van der Waals surface area contributed by atoms with Crippen molar-refractivity contribution < 1.29 is 9.18 Å². The molecular formula is C14H16ClFN4O. The first-order valence-electron chi connectivity index (χ1n) is 6.49. The van der Waals surface area contributed by atoms with Crippen LogP contribution < -0.4 is 10.6 Å². The van der Waals surface area contributed by atoms with Crippen LogP contribution in [0.15, 0.2) is 18.2 Å². The van der Waals surface area contributed by atoms with Crippen molar-refractivity contribution in [2.45, 2.75) is 19.9 Å². The smallest absolute Gasteiger partial charge is 0.276 e. The van der Waals surface area contributed by atoms with Crippen molar-refractivity contribution in [2.24, 2.45) is 0 Å². The zero-order valence-electron chi connectivity index (χ0n) is 11.5. The monoisotopic (exact) mass is 310 g/mol. The van der Waals surface area contributed by atoms with Gasteiger partial charge in [-0.25, -0.2) is 4.39 Å². The average molecular weight is 311 g/mol. The van der Waals surface area contributed by atoms with Gasteiger partial charge < -0.3 is 10.6 Å². The number of benzene rings is 1. The highest BCUT2D eigenvalue weighted by Crippen LogP contribution is 2.18. The third-order valence-corrected chi connectivity index (χ3v) is 3.44. The van der Waals surface area contributed by atoms with Crippen molar-refractivity contribution in [3.8, 4) is 0 Å². The van der Waals surface area contributed by atoms with E-state index in [0.717, 1.165) is 24.2 Å². The summed E-state index contributed by atoms with van der Waals surface area (Å²) in [5.41, 5.74) is 3.37. The molecule has 1 aromatic carbocycles. The first-order valence-corrected chi connectivity index (χ1v) is 6.49. The van der Waals surface area contributed by atoms with E-state index < -0.39 is 0 Å². The van der Waals surface area contributed by atoms with Crippen LogP contribution in [0.2, 0.25) is 0 Å². The summed E-state index contributed by atoms with van der Waals surface area (Å²) >= 11 is 0. The van der Waals surface area contributed by atoms with Gasteiger partial charge in [0.25, 0.3) is 5.91 Å². The lowest BCUT2D eigenvalue weighted by Crippen LogP contribution is -2.25. The number of rotatable bonds is 2. The molecule has 0 fully saturated rings. The number of aromatic amines is 1. The van der Waals surface area contributed by atoms with Crippen molar-refractivity contribution in [3.05, 3.63) is 46.5 Å². The lowest BCUT2D eigenvalue weighted by Gasteiger charge is -2.13. The van der Waals surface area contributed by atoms with Gasteiger partial charge >= 0.3 is 0 Å². The number of H-pyrrole nitrogens is 1. The summed E-state index contributed by atoms with van der Waals surface area (Å²) in [5.74, 6) is -0.568. The Balaban J connectivity index is 0.00000161. The SMILES string of the molecule is Cc1cc(NC(=O)c2n[nH]c3c2CNCC3)ccc1F.Cl.